The average molecular weight is 526 g/mol. The number of amides is 1. The zero-order chi connectivity index (χ0) is 25.8. The summed E-state index contributed by atoms with van der Waals surface area (Å²) < 4.78 is 63.2. The molecule has 3 rings (SSSR count). The maximum atomic E-state index is 12.9. The first-order valence-electron chi connectivity index (χ1n) is 11.0. The Morgan fingerprint density at radius 2 is 1.60 bits per heavy atom. The van der Waals surface area contributed by atoms with Crippen LogP contribution in [0.25, 0.3) is 0 Å². The van der Waals surface area contributed by atoms with E-state index in [0.29, 0.717) is 30.0 Å². The van der Waals surface area contributed by atoms with Gasteiger partial charge in [0, 0.05) is 39.3 Å². The number of carbonyl (C=O) groups is 1. The number of rotatable bonds is 10. The second-order valence-electron chi connectivity index (χ2n) is 8.30. The Kier molecular flexibility index (Phi) is 8.42. The predicted octanol–water partition coefficient (Wildman–Crippen LogP) is 1.46. The molecule has 12 heteroatoms. The minimum Gasteiger partial charge on any atom is -0.493 e. The summed E-state index contributed by atoms with van der Waals surface area (Å²) in [6.07, 6.45) is 0.821. The number of fused-ring (bicyclic) bond motifs is 1. The molecule has 2 aromatic carbocycles. The van der Waals surface area contributed by atoms with Crippen LogP contribution in [-0.4, -0.2) is 78.5 Å². The van der Waals surface area contributed by atoms with Crippen LogP contribution in [0.3, 0.4) is 0 Å². The number of hydrogen-bond donors (Lipinski definition) is 1. The topological polar surface area (TPSA) is 122 Å². The second-order valence-corrected chi connectivity index (χ2v) is 12.5. The van der Waals surface area contributed by atoms with Crippen LogP contribution in [-0.2, 0) is 33.0 Å². The highest BCUT2D eigenvalue weighted by atomic mass is 32.2. The average Bonchev–Trinajstić information content (AvgIpc) is 2.85. The Balaban J connectivity index is 1.54. The van der Waals surface area contributed by atoms with Gasteiger partial charge in [-0.15, -0.1) is 0 Å². The molecule has 0 saturated heterocycles. The minimum absolute atomic E-state index is 0.0873. The summed E-state index contributed by atoms with van der Waals surface area (Å²) in [6.45, 7) is 0.803. The van der Waals surface area contributed by atoms with Crippen LogP contribution in [0.5, 0.6) is 11.5 Å². The van der Waals surface area contributed by atoms with Gasteiger partial charge in [-0.1, -0.05) is 0 Å². The number of carbonyl (C=O) groups excluding carboxylic acids is 1. The fourth-order valence-electron chi connectivity index (χ4n) is 3.77. The molecule has 0 atom stereocenters. The van der Waals surface area contributed by atoms with E-state index in [9.17, 15) is 21.6 Å². The van der Waals surface area contributed by atoms with E-state index in [-0.39, 0.29) is 30.2 Å². The number of ether oxygens (including phenoxy) is 2. The Morgan fingerprint density at radius 1 is 1.00 bits per heavy atom. The molecule has 35 heavy (non-hydrogen) atoms. The van der Waals surface area contributed by atoms with Crippen molar-refractivity contribution >= 4 is 26.0 Å². The molecule has 1 N–H and O–H groups in total. The molecular formula is C23H31N3O7S2. The van der Waals surface area contributed by atoms with Crippen LogP contribution in [0.4, 0.5) is 0 Å². The Bertz CT molecular complexity index is 1270. The highest BCUT2D eigenvalue weighted by Crippen LogP contribution is 2.33. The van der Waals surface area contributed by atoms with E-state index in [4.69, 9.17) is 9.47 Å². The summed E-state index contributed by atoms with van der Waals surface area (Å²) in [5, 5.41) is 2.69. The lowest BCUT2D eigenvalue weighted by Gasteiger charge is -2.29. The van der Waals surface area contributed by atoms with E-state index in [0.717, 1.165) is 15.4 Å². The molecule has 0 bridgehead atoms. The van der Waals surface area contributed by atoms with Gasteiger partial charge < -0.3 is 14.8 Å². The number of nitrogens with zero attached hydrogens (tertiary/aromatic N) is 2. The normalized spacial score (nSPS) is 14.4. The maximum absolute atomic E-state index is 12.9. The van der Waals surface area contributed by atoms with Gasteiger partial charge in [0.1, 0.15) is 0 Å². The Hall–Kier alpha value is -2.67. The van der Waals surface area contributed by atoms with Gasteiger partial charge in [0.05, 0.1) is 24.9 Å². The molecule has 0 spiro atoms. The third-order valence-corrected chi connectivity index (χ3v) is 9.57. The number of sulfonamides is 2. The molecule has 0 saturated carbocycles. The third kappa shape index (κ3) is 6.13. The minimum atomic E-state index is -3.58. The van der Waals surface area contributed by atoms with E-state index in [1.54, 1.807) is 7.11 Å². The van der Waals surface area contributed by atoms with Gasteiger partial charge in [-0.05, 0) is 60.4 Å². The fourth-order valence-corrected chi connectivity index (χ4v) is 6.15. The second kappa shape index (κ2) is 10.9. The SMILES string of the molecule is COc1cc2c(cc1OC)CN(S(=O)(=O)CCCNC(=O)c1ccc(S(=O)(=O)N(C)C)cc1)CC2. The first-order valence-corrected chi connectivity index (χ1v) is 14.1. The molecule has 10 nitrogen and oxygen atoms in total. The van der Waals surface area contributed by atoms with Crippen LogP contribution < -0.4 is 14.8 Å². The van der Waals surface area contributed by atoms with Crippen molar-refractivity contribution in [3.63, 3.8) is 0 Å². The highest BCUT2D eigenvalue weighted by molar-refractivity contribution is 7.89. The maximum Gasteiger partial charge on any atom is 0.251 e. The van der Waals surface area contributed by atoms with Gasteiger partial charge in [0.2, 0.25) is 20.0 Å². The lowest BCUT2D eigenvalue weighted by molar-refractivity contribution is 0.0953. The van der Waals surface area contributed by atoms with Crippen LogP contribution in [0.1, 0.15) is 27.9 Å². The zero-order valence-electron chi connectivity index (χ0n) is 20.3. The molecule has 0 fully saturated rings. The summed E-state index contributed by atoms with van der Waals surface area (Å²) in [4.78, 5) is 12.5. The molecular weight excluding hydrogens is 494 g/mol. The molecule has 2 aromatic rings. The number of benzene rings is 2. The molecule has 0 radical (unpaired) electrons. The van der Waals surface area contributed by atoms with Crippen LogP contribution >= 0.6 is 0 Å². The molecule has 0 unspecified atom stereocenters. The van der Waals surface area contributed by atoms with Crippen molar-refractivity contribution < 1.29 is 31.1 Å². The van der Waals surface area contributed by atoms with Crippen molar-refractivity contribution in [2.75, 3.05) is 47.2 Å². The van der Waals surface area contributed by atoms with Crippen LogP contribution in [0, 0.1) is 0 Å². The summed E-state index contributed by atoms with van der Waals surface area (Å²) in [5.74, 6) is 0.674. The largest absolute Gasteiger partial charge is 0.493 e. The first-order chi connectivity index (χ1) is 16.5. The van der Waals surface area contributed by atoms with Gasteiger partial charge in [-0.2, -0.15) is 4.31 Å². The molecule has 0 aromatic heterocycles. The van der Waals surface area contributed by atoms with Gasteiger partial charge in [-0.25, -0.2) is 21.1 Å². The molecule has 1 heterocycles. The van der Waals surface area contributed by atoms with Crippen molar-refractivity contribution in [3.05, 3.63) is 53.1 Å². The van der Waals surface area contributed by atoms with E-state index in [1.807, 2.05) is 12.1 Å². The van der Waals surface area contributed by atoms with E-state index >= 15 is 0 Å². The van der Waals surface area contributed by atoms with Crippen molar-refractivity contribution in [2.45, 2.75) is 24.3 Å². The monoisotopic (exact) mass is 525 g/mol. The fraction of sp³-hybridized carbons (Fsp3) is 0.435. The quantitative estimate of drug-likeness (QED) is 0.466. The number of methoxy groups -OCH3 is 2. The van der Waals surface area contributed by atoms with Gasteiger partial charge in [0.25, 0.3) is 5.91 Å². The van der Waals surface area contributed by atoms with E-state index in [1.165, 1.54) is 49.8 Å². The van der Waals surface area contributed by atoms with Crippen molar-refractivity contribution in [3.8, 4) is 11.5 Å². The Morgan fingerprint density at radius 3 is 2.17 bits per heavy atom. The lowest BCUT2D eigenvalue weighted by Crippen LogP contribution is -2.38. The van der Waals surface area contributed by atoms with Crippen molar-refractivity contribution in [2.24, 2.45) is 0 Å². The first kappa shape index (κ1) is 26.9. The predicted molar refractivity (Wildman–Crippen MR) is 132 cm³/mol. The smallest absolute Gasteiger partial charge is 0.251 e. The van der Waals surface area contributed by atoms with Crippen LogP contribution in [0.2, 0.25) is 0 Å². The van der Waals surface area contributed by atoms with Crippen molar-refractivity contribution in [1.82, 2.24) is 13.9 Å². The summed E-state index contributed by atoms with van der Waals surface area (Å²) >= 11 is 0. The molecule has 192 valence electrons. The van der Waals surface area contributed by atoms with Crippen LogP contribution in [0.15, 0.2) is 41.3 Å². The summed E-state index contributed by atoms with van der Waals surface area (Å²) in [5.41, 5.74) is 2.21. The standard InChI is InChI=1S/C23H31N3O7S2/c1-25(2)35(30,31)20-8-6-17(7-9-20)23(27)24-11-5-13-34(28,29)26-12-10-18-14-21(32-3)22(33-4)15-19(18)16-26/h6-9,14-15H,5,10-13,16H2,1-4H3,(H,24,27). The van der Waals surface area contributed by atoms with Gasteiger partial charge >= 0.3 is 0 Å². The Labute approximate surface area is 206 Å². The van der Waals surface area contributed by atoms with E-state index in [2.05, 4.69) is 5.32 Å². The highest BCUT2D eigenvalue weighted by Gasteiger charge is 2.27. The van der Waals surface area contributed by atoms with Gasteiger partial charge in [0.15, 0.2) is 11.5 Å². The van der Waals surface area contributed by atoms with Crippen molar-refractivity contribution in [1.29, 1.82) is 0 Å². The zero-order valence-corrected chi connectivity index (χ0v) is 21.9. The summed E-state index contributed by atoms with van der Waals surface area (Å²) in [7, 11) is -1.13. The third-order valence-electron chi connectivity index (χ3n) is 5.84. The number of hydrogen-bond acceptors (Lipinski definition) is 7. The lowest BCUT2D eigenvalue weighted by atomic mass is 10.0. The van der Waals surface area contributed by atoms with E-state index < -0.39 is 26.0 Å². The number of nitrogens with one attached hydrogen (secondary N) is 1. The summed E-state index contributed by atoms with van der Waals surface area (Å²) in [6, 6.07) is 9.29. The molecule has 1 amide bonds. The van der Waals surface area contributed by atoms with Gasteiger partial charge in [-0.3, -0.25) is 4.79 Å². The molecule has 0 aliphatic carbocycles. The molecule has 1 aliphatic heterocycles. The molecule has 1 aliphatic rings.